The van der Waals surface area contributed by atoms with Crippen LogP contribution in [0.5, 0.6) is 0 Å². The van der Waals surface area contributed by atoms with Crippen LogP contribution in [-0.4, -0.2) is 5.25 Å². The second kappa shape index (κ2) is 0.590. The summed E-state index contributed by atoms with van der Waals surface area (Å²) in [6, 6.07) is 0. The zero-order valence-corrected chi connectivity index (χ0v) is 12.2. The molecular weight excluding hydrogens is 268 g/mol. The number of hydrogen-bond donors (Lipinski definition) is 1. The first kappa shape index (κ1) is 7.04. The summed E-state index contributed by atoms with van der Waals surface area (Å²) in [5, 5.41) is 0.899. The first-order chi connectivity index (χ1) is 8.03. The van der Waals surface area contributed by atoms with Gasteiger partial charge in [0.25, 0.3) is 0 Å². The predicted molar refractivity (Wildman–Crippen MR) is 68.7 cm³/mol. The van der Waals surface area contributed by atoms with Crippen LogP contribution in [0.15, 0.2) is 0 Å². The molecule has 0 aromatic carbocycles. The number of hydrogen-bond acceptors (Lipinski definition) is 1. The van der Waals surface area contributed by atoms with Crippen LogP contribution >= 0.6 is 12.6 Å². The standard InChI is InChI=1S/C10H15S.C5H5.Fe/c1-2-3-8-10(11)9-6-4-5-7-9;1-2-4-5-3-1;/h4-7,10-11H,2-3,8H2,1H3;1-5H;. The van der Waals surface area contributed by atoms with Gasteiger partial charge < -0.3 is 0 Å². The van der Waals surface area contributed by atoms with Crippen LogP contribution in [0.25, 0.3) is 0 Å². The SMILES string of the molecule is CCCCC(S)[C]12[CH]3[CH]4[CH]5[CH]1[Fe]45321678[CH]2[CH]1[CH]6[CH]7[CH]28. The van der Waals surface area contributed by atoms with Gasteiger partial charge in [-0.1, -0.05) is 0 Å². The van der Waals surface area contributed by atoms with Gasteiger partial charge in [-0.25, -0.2) is 0 Å². The molecule has 10 rings (SSSR count). The summed E-state index contributed by atoms with van der Waals surface area (Å²) in [4.78, 5) is 13.4. The summed E-state index contributed by atoms with van der Waals surface area (Å²) < 4.78 is 1.07. The molecule has 10 heterocycles. The Morgan fingerprint density at radius 2 is 1.53 bits per heavy atom. The molecule has 5 atom stereocenters. The van der Waals surface area contributed by atoms with Gasteiger partial charge in [-0.2, -0.15) is 0 Å². The Morgan fingerprint density at radius 3 is 1.82 bits per heavy atom. The van der Waals surface area contributed by atoms with Gasteiger partial charge in [0, 0.05) is 0 Å². The summed E-state index contributed by atoms with van der Waals surface area (Å²) in [6.45, 7) is -0.391. The van der Waals surface area contributed by atoms with E-state index in [9.17, 15) is 0 Å². The first-order valence-electron chi connectivity index (χ1n) is 7.92. The molecule has 5 unspecified atom stereocenters. The fourth-order valence-corrected chi connectivity index (χ4v) is 95.7. The minimum atomic E-state index is -2.75. The van der Waals surface area contributed by atoms with Crippen molar-refractivity contribution in [3.8, 4) is 0 Å². The van der Waals surface area contributed by atoms with Gasteiger partial charge in [0.1, 0.15) is 0 Å². The van der Waals surface area contributed by atoms with Crippen LogP contribution in [0.2, 0.25) is 47.7 Å². The fourth-order valence-electron chi connectivity index (χ4n) is 17.9. The number of rotatable bonds is 4. The van der Waals surface area contributed by atoms with Crippen LogP contribution < -0.4 is 0 Å². The van der Waals surface area contributed by atoms with Crippen LogP contribution in [-0.2, 0) is 6.51 Å². The zero-order chi connectivity index (χ0) is 10.7. The van der Waals surface area contributed by atoms with E-state index in [2.05, 4.69) is 6.92 Å². The molecule has 2 heteroatoms. The van der Waals surface area contributed by atoms with Gasteiger partial charge in [0.05, 0.1) is 0 Å². The molecule has 0 bridgehead atoms. The van der Waals surface area contributed by atoms with E-state index in [0.29, 0.717) is 0 Å². The molecule has 0 aromatic rings. The van der Waals surface area contributed by atoms with Gasteiger partial charge in [0.2, 0.25) is 0 Å². The molecule has 0 aromatic heterocycles. The van der Waals surface area contributed by atoms with E-state index in [1.807, 2.05) is 0 Å². The number of thiol groups is 1. The second-order valence-electron chi connectivity index (χ2n) is 11.4. The fraction of sp³-hybridized carbons (Fsp3) is 1.00. The van der Waals surface area contributed by atoms with Crippen molar-refractivity contribution in [1.82, 2.24) is 0 Å². The average molecular weight is 288 g/mol. The van der Waals surface area contributed by atoms with E-state index in [1.54, 1.807) is 0 Å². The maximum atomic E-state index is 5.26. The summed E-state index contributed by atoms with van der Waals surface area (Å²) in [6.07, 6.45) is 4.35. The third-order valence-electron chi connectivity index (χ3n) is 16.1. The molecule has 0 saturated carbocycles. The third-order valence-corrected chi connectivity index (χ3v) is 59.7. The van der Waals surface area contributed by atoms with Crippen molar-refractivity contribution in [2.24, 2.45) is 0 Å². The van der Waals surface area contributed by atoms with Crippen molar-refractivity contribution >= 4 is 12.6 Å². The van der Waals surface area contributed by atoms with Crippen molar-refractivity contribution in [3.05, 3.63) is 0 Å². The Bertz CT molecular complexity index is 849. The monoisotopic (exact) mass is 288 g/mol. The molecule has 10 aliphatic heterocycles. The summed E-state index contributed by atoms with van der Waals surface area (Å²) in [5.74, 6) is 0. The van der Waals surface area contributed by atoms with E-state index in [1.165, 1.54) is 62.6 Å². The molecule has 17 heavy (non-hydrogen) atoms. The Hall–Kier alpha value is 0.869. The van der Waals surface area contributed by atoms with Crippen LogP contribution in [0.3, 0.4) is 0 Å². The van der Waals surface area contributed by atoms with Crippen molar-refractivity contribution in [2.45, 2.75) is 79.1 Å². The number of unbranched alkanes of at least 4 members (excludes halogenated alkanes) is 1. The molecule has 1 spiro atoms. The molecule has 0 nitrogen and oxygen atoms in total. The van der Waals surface area contributed by atoms with E-state index >= 15 is 0 Å². The van der Waals surface area contributed by atoms with Crippen LogP contribution in [0, 0.1) is 0 Å². The zero-order valence-electron chi connectivity index (χ0n) is 10.2. The molecule has 10 saturated heterocycles. The third kappa shape index (κ3) is 0.0744. The van der Waals surface area contributed by atoms with Crippen molar-refractivity contribution in [3.63, 3.8) is 0 Å². The molecule has 0 radical (unpaired) electrons. The van der Waals surface area contributed by atoms with Crippen molar-refractivity contribution < 1.29 is 6.51 Å². The van der Waals surface area contributed by atoms with E-state index in [4.69, 9.17) is 12.6 Å². The van der Waals surface area contributed by atoms with Gasteiger partial charge in [-0.15, -0.1) is 0 Å². The minimum absolute atomic E-state index is 0.899. The van der Waals surface area contributed by atoms with E-state index in [0.717, 1.165) is 9.56 Å². The van der Waals surface area contributed by atoms with E-state index in [-0.39, 0.29) is 0 Å². The van der Waals surface area contributed by atoms with Gasteiger partial charge in [-0.05, 0) is 0 Å². The van der Waals surface area contributed by atoms with Gasteiger partial charge >= 0.3 is 98.2 Å². The van der Waals surface area contributed by atoms with Gasteiger partial charge in [-0.3, -0.25) is 0 Å². The van der Waals surface area contributed by atoms with E-state index < -0.39 is 6.51 Å². The predicted octanol–water partition coefficient (Wildman–Crippen LogP) is 5.23. The normalized spacial score (nSPS) is 121. The van der Waals surface area contributed by atoms with Crippen molar-refractivity contribution in [2.75, 3.05) is 0 Å². The van der Waals surface area contributed by atoms with Crippen molar-refractivity contribution in [1.29, 1.82) is 0 Å². The molecular formula is C15H20FeS. The molecule has 94 valence electrons. The molecule has 0 amide bonds. The van der Waals surface area contributed by atoms with Crippen LogP contribution in [0.1, 0.15) is 26.2 Å². The van der Waals surface area contributed by atoms with Crippen LogP contribution in [0.4, 0.5) is 0 Å². The summed E-state index contributed by atoms with van der Waals surface area (Å²) in [7, 11) is 0. The second-order valence-corrected chi connectivity index (χ2v) is 35.6. The molecule has 0 N–H and O–H groups in total. The Balaban J connectivity index is 1.45. The first-order valence-corrected chi connectivity index (χ1v) is 14.7. The topological polar surface area (TPSA) is 0 Å². The summed E-state index contributed by atoms with van der Waals surface area (Å²) >= 11 is 5.26. The quantitative estimate of drug-likeness (QED) is 0.531. The Kier molecular flexibility index (Phi) is 0.244. The Morgan fingerprint density at radius 1 is 1.00 bits per heavy atom. The molecule has 10 fully saturated rings. The Labute approximate surface area is 98.0 Å². The molecule has 10 aliphatic rings. The maximum absolute atomic E-state index is 5.26. The summed E-state index contributed by atoms with van der Waals surface area (Å²) in [5.41, 5.74) is 0. The molecule has 0 aliphatic carbocycles. The average Bonchev–Trinajstić information content (AvgIpc) is 3.28. The number of fused-ring (bicyclic) bond motifs is 10. The van der Waals surface area contributed by atoms with Gasteiger partial charge in [0.15, 0.2) is 0 Å².